The second kappa shape index (κ2) is 3.74. The predicted octanol–water partition coefficient (Wildman–Crippen LogP) is 2.68. The van der Waals surface area contributed by atoms with Gasteiger partial charge in [0.1, 0.15) is 0 Å². The third-order valence-corrected chi connectivity index (χ3v) is 4.01. The average Bonchev–Trinajstić information content (AvgIpc) is 2.63. The van der Waals surface area contributed by atoms with Gasteiger partial charge < -0.3 is 10.3 Å². The lowest BCUT2D eigenvalue weighted by Crippen LogP contribution is -2.31. The van der Waals surface area contributed by atoms with E-state index in [1.165, 1.54) is 19.3 Å². The molecule has 4 nitrogen and oxygen atoms in total. The molecule has 0 aliphatic heterocycles. The number of nitrogen functional groups attached to an aromatic ring is 1. The van der Waals surface area contributed by atoms with Crippen LogP contribution in [0.25, 0.3) is 11.0 Å². The van der Waals surface area contributed by atoms with E-state index in [1.807, 2.05) is 12.1 Å². The zero-order valence-corrected chi connectivity index (χ0v) is 10.5. The molecule has 1 heterocycles. The smallest absolute Gasteiger partial charge is 0.201 e. The molecule has 92 valence electrons. The Morgan fingerprint density at radius 2 is 2.28 bits per heavy atom. The van der Waals surface area contributed by atoms with Gasteiger partial charge >= 0.3 is 0 Å². The number of nitrogens with zero attached hydrogens (tertiary/aromatic N) is 3. The summed E-state index contributed by atoms with van der Waals surface area (Å²) < 4.78 is 2.05. The van der Waals surface area contributed by atoms with Crippen LogP contribution < -0.4 is 5.73 Å². The number of nitriles is 1. The van der Waals surface area contributed by atoms with Gasteiger partial charge in [-0.3, -0.25) is 0 Å². The van der Waals surface area contributed by atoms with E-state index >= 15 is 0 Å². The Kier molecular flexibility index (Phi) is 2.30. The maximum Gasteiger partial charge on any atom is 0.201 e. The fourth-order valence-electron chi connectivity index (χ4n) is 2.70. The summed E-state index contributed by atoms with van der Waals surface area (Å²) in [6.07, 6.45) is 3.78. The summed E-state index contributed by atoms with van der Waals surface area (Å²) in [5, 5.41) is 8.97. The molecule has 3 rings (SSSR count). The first-order valence-corrected chi connectivity index (χ1v) is 6.27. The fourth-order valence-corrected chi connectivity index (χ4v) is 2.70. The van der Waals surface area contributed by atoms with Gasteiger partial charge in [-0.2, -0.15) is 5.26 Å². The average molecular weight is 240 g/mol. The first-order valence-electron chi connectivity index (χ1n) is 6.27. The standard InChI is InChI=1S/C14H16N4/c1-14(5-2-6-14)9-18-12-7-10(8-15)3-4-11(12)17-13(18)16/h3-4,7H,2,5-6,9H2,1H3,(H2,16,17). The van der Waals surface area contributed by atoms with E-state index in [-0.39, 0.29) is 0 Å². The molecule has 1 aliphatic carbocycles. The molecule has 18 heavy (non-hydrogen) atoms. The molecule has 2 aromatic rings. The molecule has 1 aromatic carbocycles. The number of rotatable bonds is 2. The highest BCUT2D eigenvalue weighted by Gasteiger charge is 2.33. The summed E-state index contributed by atoms with van der Waals surface area (Å²) in [4.78, 5) is 4.36. The highest BCUT2D eigenvalue weighted by Crippen LogP contribution is 2.42. The van der Waals surface area contributed by atoms with Crippen LogP contribution in [0.2, 0.25) is 0 Å². The summed E-state index contributed by atoms with van der Waals surface area (Å²) in [5.41, 5.74) is 8.83. The minimum atomic E-state index is 0.338. The molecule has 0 atom stereocenters. The summed E-state index contributed by atoms with van der Waals surface area (Å²) >= 11 is 0. The molecule has 2 N–H and O–H groups in total. The molecule has 0 amide bonds. The van der Waals surface area contributed by atoms with Gasteiger partial charge in [0, 0.05) is 6.54 Å². The van der Waals surface area contributed by atoms with Gasteiger partial charge in [-0.05, 0) is 36.5 Å². The molecule has 1 fully saturated rings. The van der Waals surface area contributed by atoms with Crippen LogP contribution in [-0.4, -0.2) is 9.55 Å². The van der Waals surface area contributed by atoms with Crippen molar-refractivity contribution in [3.05, 3.63) is 23.8 Å². The zero-order chi connectivity index (χ0) is 12.8. The van der Waals surface area contributed by atoms with Crippen molar-refractivity contribution < 1.29 is 0 Å². The maximum atomic E-state index is 8.97. The molecular formula is C14H16N4. The topological polar surface area (TPSA) is 67.6 Å². The van der Waals surface area contributed by atoms with Crippen molar-refractivity contribution in [2.24, 2.45) is 5.41 Å². The first kappa shape index (κ1) is 11.1. The normalized spacial score (nSPS) is 17.3. The summed E-state index contributed by atoms with van der Waals surface area (Å²) in [6.45, 7) is 3.18. The lowest BCUT2D eigenvalue weighted by atomic mass is 9.70. The molecule has 1 aliphatic rings. The monoisotopic (exact) mass is 240 g/mol. The number of fused-ring (bicyclic) bond motifs is 1. The van der Waals surface area contributed by atoms with Crippen molar-refractivity contribution in [1.82, 2.24) is 9.55 Å². The van der Waals surface area contributed by atoms with Gasteiger partial charge in [0.05, 0.1) is 22.7 Å². The van der Waals surface area contributed by atoms with E-state index in [9.17, 15) is 0 Å². The third-order valence-electron chi connectivity index (χ3n) is 4.01. The highest BCUT2D eigenvalue weighted by molar-refractivity contribution is 5.79. The van der Waals surface area contributed by atoms with Crippen LogP contribution in [0.1, 0.15) is 31.7 Å². The van der Waals surface area contributed by atoms with Crippen molar-refractivity contribution in [2.45, 2.75) is 32.7 Å². The number of hydrogen-bond donors (Lipinski definition) is 1. The molecule has 1 aromatic heterocycles. The fraction of sp³-hybridized carbons (Fsp3) is 0.429. The zero-order valence-electron chi connectivity index (χ0n) is 10.5. The molecule has 1 saturated carbocycles. The summed E-state index contributed by atoms with van der Waals surface area (Å²) in [6, 6.07) is 7.69. The van der Waals surface area contributed by atoms with Crippen molar-refractivity contribution in [3.8, 4) is 6.07 Å². The Bertz CT molecular complexity index is 644. The maximum absolute atomic E-state index is 8.97. The minimum Gasteiger partial charge on any atom is -0.369 e. The van der Waals surface area contributed by atoms with Crippen LogP contribution >= 0.6 is 0 Å². The van der Waals surface area contributed by atoms with Crippen LogP contribution in [0.5, 0.6) is 0 Å². The SMILES string of the molecule is CC1(Cn2c(N)nc3ccc(C#N)cc32)CCC1. The quantitative estimate of drug-likeness (QED) is 0.877. The number of aromatic nitrogens is 2. The first-order chi connectivity index (χ1) is 8.61. The van der Waals surface area contributed by atoms with Gasteiger partial charge in [-0.25, -0.2) is 4.98 Å². The van der Waals surface area contributed by atoms with Crippen molar-refractivity contribution in [2.75, 3.05) is 5.73 Å². The number of anilines is 1. The number of benzene rings is 1. The van der Waals surface area contributed by atoms with Gasteiger partial charge in [-0.1, -0.05) is 13.3 Å². The van der Waals surface area contributed by atoms with Crippen LogP contribution in [0, 0.1) is 16.7 Å². The Morgan fingerprint density at radius 1 is 1.50 bits per heavy atom. The molecule has 0 unspecified atom stereocenters. The second-order valence-electron chi connectivity index (χ2n) is 5.54. The second-order valence-corrected chi connectivity index (χ2v) is 5.54. The van der Waals surface area contributed by atoms with Crippen molar-refractivity contribution in [1.29, 1.82) is 5.26 Å². The number of hydrogen-bond acceptors (Lipinski definition) is 3. The van der Waals surface area contributed by atoms with Gasteiger partial charge in [0.25, 0.3) is 0 Å². The summed E-state index contributed by atoms with van der Waals surface area (Å²) in [5.74, 6) is 0.549. The van der Waals surface area contributed by atoms with Crippen LogP contribution in [0.3, 0.4) is 0 Å². The lowest BCUT2D eigenvalue weighted by Gasteiger charge is -2.38. The van der Waals surface area contributed by atoms with Gasteiger partial charge in [0.2, 0.25) is 5.95 Å². The van der Waals surface area contributed by atoms with Crippen LogP contribution in [0.4, 0.5) is 5.95 Å². The minimum absolute atomic E-state index is 0.338. The van der Waals surface area contributed by atoms with Crippen LogP contribution in [0.15, 0.2) is 18.2 Å². The highest BCUT2D eigenvalue weighted by atomic mass is 15.2. The predicted molar refractivity (Wildman–Crippen MR) is 70.8 cm³/mol. The van der Waals surface area contributed by atoms with Crippen molar-refractivity contribution in [3.63, 3.8) is 0 Å². The summed E-state index contributed by atoms with van der Waals surface area (Å²) in [7, 11) is 0. The Hall–Kier alpha value is -2.02. The number of imidazole rings is 1. The van der Waals surface area contributed by atoms with E-state index < -0.39 is 0 Å². The van der Waals surface area contributed by atoms with Crippen LogP contribution in [-0.2, 0) is 6.54 Å². The third kappa shape index (κ3) is 1.63. The lowest BCUT2D eigenvalue weighted by molar-refractivity contribution is 0.135. The molecule has 0 saturated heterocycles. The van der Waals surface area contributed by atoms with Gasteiger partial charge in [0.15, 0.2) is 0 Å². The van der Waals surface area contributed by atoms with Gasteiger partial charge in [-0.15, -0.1) is 0 Å². The molecular weight excluding hydrogens is 224 g/mol. The molecule has 0 bridgehead atoms. The molecule has 0 spiro atoms. The van der Waals surface area contributed by atoms with E-state index in [1.54, 1.807) is 6.07 Å². The van der Waals surface area contributed by atoms with E-state index in [4.69, 9.17) is 11.0 Å². The van der Waals surface area contributed by atoms with E-state index in [2.05, 4.69) is 22.5 Å². The largest absolute Gasteiger partial charge is 0.369 e. The number of nitrogens with two attached hydrogens (primary N) is 1. The molecule has 0 radical (unpaired) electrons. The molecule has 4 heteroatoms. The van der Waals surface area contributed by atoms with E-state index in [0.717, 1.165) is 17.6 Å². The Balaban J connectivity index is 2.09. The Morgan fingerprint density at radius 3 is 2.89 bits per heavy atom. The Labute approximate surface area is 106 Å². The van der Waals surface area contributed by atoms with Crippen molar-refractivity contribution >= 4 is 17.0 Å². The van der Waals surface area contributed by atoms with E-state index in [0.29, 0.717) is 16.9 Å².